The normalized spacial score (nSPS) is 19.4. The van der Waals surface area contributed by atoms with Gasteiger partial charge in [-0.05, 0) is 37.5 Å². The number of hydrogen-bond acceptors (Lipinski definition) is 2. The number of hydrogen-bond donors (Lipinski definition) is 1. The molecule has 0 saturated carbocycles. The van der Waals surface area contributed by atoms with Gasteiger partial charge in [-0.15, -0.1) is 12.6 Å². The van der Waals surface area contributed by atoms with Gasteiger partial charge in [0.25, 0.3) is 0 Å². The molecule has 56 valence electrons. The lowest BCUT2D eigenvalue weighted by molar-refractivity contribution is -0.113. The van der Waals surface area contributed by atoms with Gasteiger partial charge in [0.1, 0.15) is 0 Å². The van der Waals surface area contributed by atoms with Crippen molar-refractivity contribution in [1.82, 2.24) is 0 Å². The van der Waals surface area contributed by atoms with E-state index in [1.807, 2.05) is 0 Å². The zero-order chi connectivity index (χ0) is 7.56. The van der Waals surface area contributed by atoms with Crippen LogP contribution in [0, 0.1) is 0 Å². The Morgan fingerprint density at radius 2 is 2.00 bits per heavy atom. The lowest BCUT2D eigenvalue weighted by Crippen LogP contribution is -2.03. The maximum Gasteiger partial charge on any atom is 0.156 e. The highest BCUT2D eigenvalue weighted by atomic mass is 32.1. The van der Waals surface area contributed by atoms with Crippen LogP contribution in [-0.4, -0.2) is 5.78 Å². The van der Waals surface area contributed by atoms with Crippen molar-refractivity contribution in [3.05, 3.63) is 10.5 Å². The van der Waals surface area contributed by atoms with Crippen molar-refractivity contribution < 1.29 is 4.79 Å². The quantitative estimate of drug-likeness (QED) is 0.577. The molecule has 0 atom stereocenters. The van der Waals surface area contributed by atoms with E-state index in [0.29, 0.717) is 0 Å². The third kappa shape index (κ3) is 1.63. The van der Waals surface area contributed by atoms with Crippen molar-refractivity contribution in [2.75, 3.05) is 0 Å². The first-order valence-electron chi connectivity index (χ1n) is 3.63. The lowest BCUT2D eigenvalue weighted by Gasteiger charge is -2.13. The van der Waals surface area contributed by atoms with Crippen LogP contribution in [0.2, 0.25) is 0 Å². The highest BCUT2D eigenvalue weighted by Crippen LogP contribution is 2.27. The van der Waals surface area contributed by atoms with E-state index >= 15 is 0 Å². The van der Waals surface area contributed by atoms with Gasteiger partial charge in [-0.25, -0.2) is 0 Å². The SMILES string of the molecule is CC(=O)C1=C(S)CCCC1. The van der Waals surface area contributed by atoms with Gasteiger partial charge in [0, 0.05) is 5.57 Å². The van der Waals surface area contributed by atoms with Crippen LogP contribution in [0.5, 0.6) is 0 Å². The Morgan fingerprint density at radius 1 is 1.40 bits per heavy atom. The molecule has 0 saturated heterocycles. The lowest BCUT2D eigenvalue weighted by atomic mass is 9.97. The minimum atomic E-state index is 0.199. The molecule has 0 N–H and O–H groups in total. The summed E-state index contributed by atoms with van der Waals surface area (Å²) >= 11 is 4.25. The third-order valence-corrected chi connectivity index (χ3v) is 2.36. The first kappa shape index (κ1) is 7.86. The Morgan fingerprint density at radius 3 is 2.40 bits per heavy atom. The fraction of sp³-hybridized carbons (Fsp3) is 0.625. The summed E-state index contributed by atoms with van der Waals surface area (Å²) in [6.45, 7) is 1.62. The minimum Gasteiger partial charge on any atom is -0.295 e. The second-order valence-electron chi connectivity index (χ2n) is 2.69. The van der Waals surface area contributed by atoms with Gasteiger partial charge in [0.15, 0.2) is 5.78 Å². The maximum atomic E-state index is 10.9. The minimum absolute atomic E-state index is 0.199. The fourth-order valence-electron chi connectivity index (χ4n) is 1.27. The molecule has 0 radical (unpaired) electrons. The van der Waals surface area contributed by atoms with Gasteiger partial charge < -0.3 is 0 Å². The fourth-order valence-corrected chi connectivity index (χ4v) is 1.70. The molecule has 1 nitrogen and oxygen atoms in total. The second-order valence-corrected chi connectivity index (χ2v) is 3.23. The van der Waals surface area contributed by atoms with Crippen LogP contribution in [-0.2, 0) is 4.79 Å². The molecule has 0 unspecified atom stereocenters. The van der Waals surface area contributed by atoms with E-state index in [4.69, 9.17) is 0 Å². The molecule has 0 aromatic carbocycles. The molecule has 10 heavy (non-hydrogen) atoms. The first-order chi connectivity index (χ1) is 4.72. The molecule has 1 aliphatic rings. The molecule has 0 amide bonds. The molecule has 0 spiro atoms. The largest absolute Gasteiger partial charge is 0.295 e. The molecule has 1 aliphatic carbocycles. The van der Waals surface area contributed by atoms with E-state index in [1.54, 1.807) is 6.92 Å². The summed E-state index contributed by atoms with van der Waals surface area (Å²) in [6, 6.07) is 0. The zero-order valence-corrected chi connectivity index (χ0v) is 7.08. The number of allylic oxidation sites excluding steroid dienone is 2. The van der Waals surface area contributed by atoms with Crippen LogP contribution in [0.25, 0.3) is 0 Å². The molecule has 0 heterocycles. The summed E-state index contributed by atoms with van der Waals surface area (Å²) in [6.07, 6.45) is 4.28. The number of rotatable bonds is 1. The Kier molecular flexibility index (Phi) is 2.55. The molecular formula is C8H12OS. The molecule has 0 fully saturated rings. The highest BCUT2D eigenvalue weighted by molar-refractivity contribution is 7.84. The Hall–Kier alpha value is -0.240. The summed E-state index contributed by atoms with van der Waals surface area (Å²) in [5, 5.41) is 0. The Labute approximate surface area is 66.9 Å². The van der Waals surface area contributed by atoms with E-state index in [-0.39, 0.29) is 5.78 Å². The number of ketones is 1. The van der Waals surface area contributed by atoms with Crippen LogP contribution in [0.4, 0.5) is 0 Å². The van der Waals surface area contributed by atoms with E-state index in [1.165, 1.54) is 6.42 Å². The number of Topliss-reactive ketones (excluding diaryl/α,β-unsaturated/α-hetero) is 1. The molecule has 0 aromatic heterocycles. The highest BCUT2D eigenvalue weighted by Gasteiger charge is 2.12. The van der Waals surface area contributed by atoms with Crippen molar-refractivity contribution in [1.29, 1.82) is 0 Å². The summed E-state index contributed by atoms with van der Waals surface area (Å²) in [7, 11) is 0. The van der Waals surface area contributed by atoms with Gasteiger partial charge in [0.05, 0.1) is 0 Å². The van der Waals surface area contributed by atoms with Crippen LogP contribution in [0.1, 0.15) is 32.6 Å². The van der Waals surface area contributed by atoms with Crippen LogP contribution in [0.3, 0.4) is 0 Å². The van der Waals surface area contributed by atoms with Crippen LogP contribution >= 0.6 is 12.6 Å². The molecule has 1 rings (SSSR count). The van der Waals surface area contributed by atoms with Crippen LogP contribution < -0.4 is 0 Å². The monoisotopic (exact) mass is 156 g/mol. The van der Waals surface area contributed by atoms with Gasteiger partial charge >= 0.3 is 0 Å². The Bertz CT molecular complexity index is 182. The standard InChI is InChI=1S/C8H12OS/c1-6(9)7-4-2-3-5-8(7)10/h10H,2-5H2,1H3. The predicted octanol–water partition coefficient (Wildman–Crippen LogP) is 2.33. The summed E-state index contributed by atoms with van der Waals surface area (Å²) < 4.78 is 0. The average Bonchev–Trinajstić information content (AvgIpc) is 1.88. The summed E-state index contributed by atoms with van der Waals surface area (Å²) in [5.74, 6) is 0.199. The van der Waals surface area contributed by atoms with E-state index in [9.17, 15) is 4.79 Å². The van der Waals surface area contributed by atoms with Gasteiger partial charge in [0.2, 0.25) is 0 Å². The smallest absolute Gasteiger partial charge is 0.156 e. The van der Waals surface area contributed by atoms with E-state index in [0.717, 1.165) is 29.7 Å². The van der Waals surface area contributed by atoms with Crippen LogP contribution in [0.15, 0.2) is 10.5 Å². The number of carbonyl (C=O) groups excluding carboxylic acids is 1. The number of carbonyl (C=O) groups is 1. The number of thiol groups is 1. The van der Waals surface area contributed by atoms with Crippen molar-refractivity contribution in [2.45, 2.75) is 32.6 Å². The van der Waals surface area contributed by atoms with E-state index < -0.39 is 0 Å². The summed E-state index contributed by atoms with van der Waals surface area (Å²) in [4.78, 5) is 11.9. The Balaban J connectivity index is 2.78. The second kappa shape index (κ2) is 3.24. The molecular weight excluding hydrogens is 144 g/mol. The van der Waals surface area contributed by atoms with Gasteiger partial charge in [-0.1, -0.05) is 0 Å². The molecule has 0 bridgehead atoms. The van der Waals surface area contributed by atoms with Gasteiger partial charge in [-0.2, -0.15) is 0 Å². The summed E-state index contributed by atoms with van der Waals surface area (Å²) in [5.41, 5.74) is 0.953. The molecule has 2 heteroatoms. The maximum absolute atomic E-state index is 10.9. The van der Waals surface area contributed by atoms with Crippen molar-refractivity contribution in [3.63, 3.8) is 0 Å². The van der Waals surface area contributed by atoms with E-state index in [2.05, 4.69) is 12.6 Å². The van der Waals surface area contributed by atoms with Crippen molar-refractivity contribution in [3.8, 4) is 0 Å². The molecule has 0 aromatic rings. The predicted molar refractivity (Wildman–Crippen MR) is 45.2 cm³/mol. The average molecular weight is 156 g/mol. The first-order valence-corrected chi connectivity index (χ1v) is 4.08. The third-order valence-electron chi connectivity index (χ3n) is 1.86. The van der Waals surface area contributed by atoms with Gasteiger partial charge in [-0.3, -0.25) is 4.79 Å². The molecule has 0 aliphatic heterocycles. The zero-order valence-electron chi connectivity index (χ0n) is 6.18. The van der Waals surface area contributed by atoms with Crippen molar-refractivity contribution in [2.24, 2.45) is 0 Å². The van der Waals surface area contributed by atoms with Crippen molar-refractivity contribution >= 4 is 18.4 Å². The topological polar surface area (TPSA) is 17.1 Å².